The molecule has 5 nitrogen and oxygen atoms in total. The molecule has 0 saturated carbocycles. The summed E-state index contributed by atoms with van der Waals surface area (Å²) in [5.41, 5.74) is 0.575. The summed E-state index contributed by atoms with van der Waals surface area (Å²) < 4.78 is 6.04. The maximum absolute atomic E-state index is 11.0. The van der Waals surface area contributed by atoms with E-state index in [1.54, 1.807) is 13.2 Å². The third kappa shape index (κ3) is 2.28. The summed E-state index contributed by atoms with van der Waals surface area (Å²) >= 11 is 3.24. The Balaban J connectivity index is 2.26. The van der Waals surface area contributed by atoms with Crippen molar-refractivity contribution in [2.24, 2.45) is 0 Å². The Hall–Kier alpha value is -1.14. The highest BCUT2D eigenvalue weighted by Crippen LogP contribution is 2.37. The van der Waals surface area contributed by atoms with E-state index in [2.05, 4.69) is 15.9 Å². The van der Waals surface area contributed by atoms with Crippen LogP contribution in [0.3, 0.4) is 0 Å². The summed E-state index contributed by atoms with van der Waals surface area (Å²) in [6.07, 6.45) is 0. The molecule has 92 valence electrons. The monoisotopic (exact) mass is 300 g/mol. The van der Waals surface area contributed by atoms with Crippen molar-refractivity contribution in [1.29, 1.82) is 0 Å². The first-order valence-corrected chi connectivity index (χ1v) is 5.98. The molecule has 2 rings (SSSR count). The molecule has 1 heterocycles. The lowest BCUT2D eigenvalue weighted by atomic mass is 9.95. The molecule has 1 aliphatic heterocycles. The van der Waals surface area contributed by atoms with Gasteiger partial charge in [0.2, 0.25) is 0 Å². The van der Waals surface area contributed by atoms with Gasteiger partial charge >= 0.3 is 0 Å². The van der Waals surface area contributed by atoms with Crippen LogP contribution in [0.5, 0.6) is 0 Å². The standard InChI is InChI=1S/C11H13BrN2O3/c1-11(17-2)6-13(7-11)9-4-3-8(12)5-10(9)14(15)16/h3-5H,6-7H2,1-2H3. The van der Waals surface area contributed by atoms with E-state index >= 15 is 0 Å². The average Bonchev–Trinajstić information content (AvgIpc) is 2.25. The maximum Gasteiger partial charge on any atom is 0.293 e. The minimum Gasteiger partial charge on any atom is -0.375 e. The van der Waals surface area contributed by atoms with Gasteiger partial charge in [-0.1, -0.05) is 15.9 Å². The molecular formula is C11H13BrN2O3. The molecular weight excluding hydrogens is 288 g/mol. The van der Waals surface area contributed by atoms with Crippen molar-refractivity contribution in [2.75, 3.05) is 25.1 Å². The number of methoxy groups -OCH3 is 1. The van der Waals surface area contributed by atoms with Crippen molar-refractivity contribution in [2.45, 2.75) is 12.5 Å². The van der Waals surface area contributed by atoms with Gasteiger partial charge in [0.1, 0.15) is 5.69 Å². The second kappa shape index (κ2) is 4.27. The molecule has 0 amide bonds. The Bertz CT molecular complexity index is 458. The minimum absolute atomic E-state index is 0.123. The first kappa shape index (κ1) is 12.3. The Morgan fingerprint density at radius 2 is 2.18 bits per heavy atom. The fraction of sp³-hybridized carbons (Fsp3) is 0.455. The van der Waals surface area contributed by atoms with E-state index in [1.165, 1.54) is 6.07 Å². The van der Waals surface area contributed by atoms with Crippen LogP contribution in [-0.4, -0.2) is 30.7 Å². The van der Waals surface area contributed by atoms with Crippen molar-refractivity contribution in [3.63, 3.8) is 0 Å². The van der Waals surface area contributed by atoms with Gasteiger partial charge in [-0.25, -0.2) is 0 Å². The Morgan fingerprint density at radius 1 is 1.53 bits per heavy atom. The van der Waals surface area contributed by atoms with Gasteiger partial charge in [0.05, 0.1) is 10.5 Å². The summed E-state index contributed by atoms with van der Waals surface area (Å²) in [4.78, 5) is 12.6. The fourth-order valence-corrected chi connectivity index (χ4v) is 2.32. The number of hydrogen-bond donors (Lipinski definition) is 0. The zero-order valence-electron chi connectivity index (χ0n) is 9.64. The lowest BCUT2D eigenvalue weighted by Gasteiger charge is -2.47. The molecule has 1 aliphatic rings. The highest BCUT2D eigenvalue weighted by Gasteiger charge is 2.41. The number of anilines is 1. The average molecular weight is 301 g/mol. The van der Waals surface area contributed by atoms with Crippen molar-refractivity contribution in [3.05, 3.63) is 32.8 Å². The van der Waals surface area contributed by atoms with Crippen molar-refractivity contribution >= 4 is 27.3 Å². The molecule has 0 N–H and O–H groups in total. The van der Waals surface area contributed by atoms with Crippen molar-refractivity contribution < 1.29 is 9.66 Å². The van der Waals surface area contributed by atoms with Crippen LogP contribution in [0.4, 0.5) is 11.4 Å². The Morgan fingerprint density at radius 3 is 2.71 bits per heavy atom. The van der Waals surface area contributed by atoms with Crippen LogP contribution in [0, 0.1) is 10.1 Å². The highest BCUT2D eigenvalue weighted by atomic mass is 79.9. The van der Waals surface area contributed by atoms with Gasteiger partial charge in [-0.15, -0.1) is 0 Å². The van der Waals surface area contributed by atoms with Gasteiger partial charge in [-0.2, -0.15) is 0 Å². The molecule has 0 bridgehead atoms. The van der Waals surface area contributed by atoms with E-state index in [0.717, 1.165) is 0 Å². The van der Waals surface area contributed by atoms with E-state index in [4.69, 9.17) is 4.74 Å². The molecule has 1 aromatic rings. The molecule has 1 fully saturated rings. The van der Waals surface area contributed by atoms with E-state index < -0.39 is 0 Å². The van der Waals surface area contributed by atoms with E-state index in [1.807, 2.05) is 17.9 Å². The minimum atomic E-state index is -0.359. The molecule has 6 heteroatoms. The largest absolute Gasteiger partial charge is 0.375 e. The van der Waals surface area contributed by atoms with Crippen molar-refractivity contribution in [3.8, 4) is 0 Å². The summed E-state index contributed by atoms with van der Waals surface area (Å²) in [7, 11) is 1.66. The first-order valence-electron chi connectivity index (χ1n) is 5.19. The molecule has 0 aromatic heterocycles. The topological polar surface area (TPSA) is 55.6 Å². The van der Waals surface area contributed by atoms with Crippen LogP contribution in [0.1, 0.15) is 6.92 Å². The molecule has 0 radical (unpaired) electrons. The predicted octanol–water partition coefficient (Wildman–Crippen LogP) is 2.58. The lowest BCUT2D eigenvalue weighted by molar-refractivity contribution is -0.384. The summed E-state index contributed by atoms with van der Waals surface area (Å²) in [6.45, 7) is 3.34. The van der Waals surface area contributed by atoms with Gasteiger partial charge in [0.25, 0.3) is 5.69 Å². The zero-order chi connectivity index (χ0) is 12.6. The quantitative estimate of drug-likeness (QED) is 0.636. The zero-order valence-corrected chi connectivity index (χ0v) is 11.2. The van der Waals surface area contributed by atoms with E-state index in [9.17, 15) is 10.1 Å². The Labute approximate surface area is 108 Å². The first-order chi connectivity index (χ1) is 7.95. The van der Waals surface area contributed by atoms with Gasteiger partial charge in [0.15, 0.2) is 0 Å². The molecule has 17 heavy (non-hydrogen) atoms. The van der Waals surface area contributed by atoms with Crippen LogP contribution < -0.4 is 4.90 Å². The summed E-state index contributed by atoms with van der Waals surface area (Å²) in [5, 5.41) is 11.0. The van der Waals surface area contributed by atoms with Crippen LogP contribution in [-0.2, 0) is 4.74 Å². The third-order valence-electron chi connectivity index (χ3n) is 3.02. The second-order valence-electron chi connectivity index (χ2n) is 4.40. The van der Waals surface area contributed by atoms with E-state index in [0.29, 0.717) is 23.2 Å². The number of halogens is 1. The number of nitro benzene ring substituents is 1. The number of rotatable bonds is 3. The fourth-order valence-electron chi connectivity index (χ4n) is 1.97. The highest BCUT2D eigenvalue weighted by molar-refractivity contribution is 9.10. The SMILES string of the molecule is COC1(C)CN(c2ccc(Br)cc2[N+](=O)[O-])C1. The number of ether oxygens (including phenoxy) is 1. The van der Waals surface area contributed by atoms with Crippen LogP contribution >= 0.6 is 15.9 Å². The molecule has 0 spiro atoms. The van der Waals surface area contributed by atoms with Gasteiger partial charge in [-0.05, 0) is 19.1 Å². The smallest absolute Gasteiger partial charge is 0.293 e. The van der Waals surface area contributed by atoms with Crippen LogP contribution in [0.25, 0.3) is 0 Å². The summed E-state index contributed by atoms with van der Waals surface area (Å²) in [5.74, 6) is 0. The van der Waals surface area contributed by atoms with E-state index in [-0.39, 0.29) is 16.2 Å². The Kier molecular flexibility index (Phi) is 3.09. The number of benzene rings is 1. The van der Waals surface area contributed by atoms with Crippen LogP contribution in [0.15, 0.2) is 22.7 Å². The number of nitrogens with zero attached hydrogens (tertiary/aromatic N) is 2. The number of nitro groups is 1. The molecule has 1 aromatic carbocycles. The molecule has 0 unspecified atom stereocenters. The van der Waals surface area contributed by atoms with Gasteiger partial charge < -0.3 is 9.64 Å². The van der Waals surface area contributed by atoms with Crippen molar-refractivity contribution in [1.82, 2.24) is 0 Å². The maximum atomic E-state index is 11.0. The third-order valence-corrected chi connectivity index (χ3v) is 3.51. The number of hydrogen-bond acceptors (Lipinski definition) is 4. The van der Waals surface area contributed by atoms with Gasteiger partial charge in [0, 0.05) is 30.7 Å². The second-order valence-corrected chi connectivity index (χ2v) is 5.32. The predicted molar refractivity (Wildman–Crippen MR) is 68.4 cm³/mol. The summed E-state index contributed by atoms with van der Waals surface area (Å²) in [6, 6.07) is 5.10. The lowest BCUT2D eigenvalue weighted by Crippen LogP contribution is -2.61. The molecule has 1 saturated heterocycles. The molecule has 0 aliphatic carbocycles. The molecule has 0 atom stereocenters. The normalized spacial score (nSPS) is 17.7. The van der Waals surface area contributed by atoms with Crippen LogP contribution in [0.2, 0.25) is 0 Å². The van der Waals surface area contributed by atoms with Gasteiger partial charge in [-0.3, -0.25) is 10.1 Å².